The lowest BCUT2D eigenvalue weighted by atomic mass is 9.53. The lowest BCUT2D eigenvalue weighted by Crippen LogP contribution is -2.62. The number of carbonyl (C=O) groups excluding carboxylic acids is 1. The van der Waals surface area contributed by atoms with Gasteiger partial charge < -0.3 is 14.8 Å². The molecule has 1 amide bonds. The largest absolute Gasteiger partial charge is 0.493 e. The van der Waals surface area contributed by atoms with E-state index in [1.807, 2.05) is 26.1 Å². The van der Waals surface area contributed by atoms with Crippen LogP contribution in [-0.4, -0.2) is 50.2 Å². The van der Waals surface area contributed by atoms with Crippen molar-refractivity contribution in [1.82, 2.24) is 10.2 Å². The number of hydrogen-bond acceptors (Lipinski definition) is 4. The molecule has 5 rings (SSSR count). The number of carbonyl (C=O) groups is 1. The second-order valence-electron chi connectivity index (χ2n) is 9.78. The van der Waals surface area contributed by atoms with Gasteiger partial charge in [-0.25, -0.2) is 0 Å². The lowest BCUT2D eigenvalue weighted by molar-refractivity contribution is -0.131. The van der Waals surface area contributed by atoms with E-state index in [-0.39, 0.29) is 17.5 Å². The Labute approximate surface area is 175 Å². The van der Waals surface area contributed by atoms with Crippen molar-refractivity contribution in [3.63, 3.8) is 0 Å². The zero-order valence-electron chi connectivity index (χ0n) is 18.4. The topological polar surface area (TPSA) is 50.8 Å². The van der Waals surface area contributed by atoms with Gasteiger partial charge in [0.15, 0.2) is 11.5 Å². The van der Waals surface area contributed by atoms with E-state index in [9.17, 15) is 4.79 Å². The first-order valence-electron chi connectivity index (χ1n) is 11.1. The van der Waals surface area contributed by atoms with Crippen LogP contribution in [0.1, 0.15) is 51.0 Å². The molecule has 1 aromatic carbocycles. The molecule has 0 heterocycles. The van der Waals surface area contributed by atoms with Crippen LogP contribution in [0.4, 0.5) is 0 Å². The number of rotatable bonds is 8. The molecule has 4 fully saturated rings. The molecular weight excluding hydrogens is 364 g/mol. The Kier molecular flexibility index (Phi) is 5.78. The Balaban J connectivity index is 1.32. The molecule has 1 atom stereocenters. The summed E-state index contributed by atoms with van der Waals surface area (Å²) in [5.41, 5.74) is 1.27. The van der Waals surface area contributed by atoms with Crippen molar-refractivity contribution in [2.45, 2.75) is 63.5 Å². The van der Waals surface area contributed by atoms with E-state index < -0.39 is 0 Å². The summed E-state index contributed by atoms with van der Waals surface area (Å²) in [7, 11) is 5.35. The fraction of sp³-hybridized carbons (Fsp3) is 0.708. The molecule has 4 saturated carbocycles. The predicted octanol–water partition coefficient (Wildman–Crippen LogP) is 3.65. The minimum absolute atomic E-state index is 0.0876. The van der Waals surface area contributed by atoms with Gasteiger partial charge in [-0.1, -0.05) is 6.07 Å². The highest BCUT2D eigenvalue weighted by atomic mass is 16.5. The molecule has 4 bridgehead atoms. The van der Waals surface area contributed by atoms with Crippen LogP contribution >= 0.6 is 0 Å². The van der Waals surface area contributed by atoms with Crippen LogP contribution in [0.25, 0.3) is 0 Å². The van der Waals surface area contributed by atoms with Gasteiger partial charge in [0, 0.05) is 12.1 Å². The van der Waals surface area contributed by atoms with Crippen molar-refractivity contribution in [3.8, 4) is 11.5 Å². The smallest absolute Gasteiger partial charge is 0.237 e. The molecule has 29 heavy (non-hydrogen) atoms. The second kappa shape index (κ2) is 8.17. The molecular formula is C24H36N2O3. The number of likely N-dealkylation sites (N-methyl/N-ethyl adjacent to an activating group) is 1. The monoisotopic (exact) mass is 400 g/mol. The predicted molar refractivity (Wildman–Crippen MR) is 114 cm³/mol. The third kappa shape index (κ3) is 4.25. The van der Waals surface area contributed by atoms with Gasteiger partial charge in [-0.3, -0.25) is 9.69 Å². The molecule has 5 heteroatoms. The van der Waals surface area contributed by atoms with Crippen LogP contribution in [0, 0.1) is 17.8 Å². The lowest BCUT2D eigenvalue weighted by Gasteiger charge is -2.57. The third-order valence-electron chi connectivity index (χ3n) is 7.67. The van der Waals surface area contributed by atoms with E-state index in [1.165, 1.54) is 44.1 Å². The molecule has 0 aromatic heterocycles. The first-order chi connectivity index (χ1) is 13.9. The quantitative estimate of drug-likeness (QED) is 0.724. The maximum atomic E-state index is 13.1. The van der Waals surface area contributed by atoms with Gasteiger partial charge in [-0.2, -0.15) is 0 Å². The first kappa shape index (κ1) is 20.5. The molecule has 1 aromatic rings. The summed E-state index contributed by atoms with van der Waals surface area (Å²) in [4.78, 5) is 15.2. The third-order valence-corrected chi connectivity index (χ3v) is 7.67. The molecule has 0 spiro atoms. The van der Waals surface area contributed by atoms with Gasteiger partial charge in [-0.05, 0) is 94.4 Å². The normalized spacial score (nSPS) is 31.0. The van der Waals surface area contributed by atoms with E-state index in [1.54, 1.807) is 14.2 Å². The van der Waals surface area contributed by atoms with Gasteiger partial charge >= 0.3 is 0 Å². The number of nitrogens with one attached hydrogen (secondary N) is 1. The number of ether oxygens (including phenoxy) is 2. The van der Waals surface area contributed by atoms with Crippen LogP contribution in [-0.2, 0) is 11.2 Å². The van der Waals surface area contributed by atoms with Gasteiger partial charge in [0.1, 0.15) is 0 Å². The van der Waals surface area contributed by atoms with Crippen molar-refractivity contribution in [2.75, 3.05) is 27.8 Å². The zero-order chi connectivity index (χ0) is 20.6. The number of amides is 1. The van der Waals surface area contributed by atoms with Crippen molar-refractivity contribution in [3.05, 3.63) is 23.8 Å². The summed E-state index contributed by atoms with van der Waals surface area (Å²) < 4.78 is 10.7. The van der Waals surface area contributed by atoms with E-state index in [0.29, 0.717) is 0 Å². The molecule has 0 unspecified atom stereocenters. The molecule has 4 aliphatic rings. The van der Waals surface area contributed by atoms with E-state index in [4.69, 9.17) is 9.47 Å². The SMILES string of the molecule is COc1ccc(CCN(C)[C@H](C)C(=O)NC23CC4CC(CC(C4)C2)C3)cc1OC. The van der Waals surface area contributed by atoms with Crippen LogP contribution in [0.3, 0.4) is 0 Å². The van der Waals surface area contributed by atoms with Crippen LogP contribution < -0.4 is 14.8 Å². The maximum absolute atomic E-state index is 13.1. The summed E-state index contributed by atoms with van der Waals surface area (Å²) in [5, 5.41) is 3.52. The summed E-state index contributed by atoms with van der Waals surface area (Å²) in [5.74, 6) is 4.23. The van der Waals surface area contributed by atoms with Crippen molar-refractivity contribution in [2.24, 2.45) is 17.8 Å². The van der Waals surface area contributed by atoms with E-state index in [2.05, 4.69) is 16.3 Å². The molecule has 0 aliphatic heterocycles. The van der Waals surface area contributed by atoms with Crippen molar-refractivity contribution < 1.29 is 14.3 Å². The highest BCUT2D eigenvalue weighted by molar-refractivity contribution is 5.82. The van der Waals surface area contributed by atoms with E-state index >= 15 is 0 Å². The average molecular weight is 401 g/mol. The minimum Gasteiger partial charge on any atom is -0.493 e. The van der Waals surface area contributed by atoms with Gasteiger partial charge in [-0.15, -0.1) is 0 Å². The Hall–Kier alpha value is -1.75. The number of nitrogens with zero attached hydrogens (tertiary/aromatic N) is 1. The molecule has 5 nitrogen and oxygen atoms in total. The van der Waals surface area contributed by atoms with Crippen molar-refractivity contribution >= 4 is 5.91 Å². The van der Waals surface area contributed by atoms with Crippen LogP contribution in [0.2, 0.25) is 0 Å². The summed E-state index contributed by atoms with van der Waals surface area (Å²) in [6.45, 7) is 2.86. The van der Waals surface area contributed by atoms with Crippen molar-refractivity contribution in [1.29, 1.82) is 0 Å². The standard InChI is InChI=1S/C24H36N2O3/c1-16(26(2)8-7-17-5-6-21(28-3)22(12-17)29-4)23(27)25-24-13-18-9-19(14-24)11-20(10-18)15-24/h5-6,12,16,18-20H,7-11,13-15H2,1-4H3,(H,25,27)/t16-,18?,19?,20?,24?/m1/s1. The van der Waals surface area contributed by atoms with Gasteiger partial charge in [0.05, 0.1) is 20.3 Å². The Morgan fingerprint density at radius 1 is 1.10 bits per heavy atom. The molecule has 4 aliphatic carbocycles. The van der Waals surface area contributed by atoms with Gasteiger partial charge in [0.25, 0.3) is 0 Å². The molecule has 0 radical (unpaired) electrons. The number of benzene rings is 1. The maximum Gasteiger partial charge on any atom is 0.237 e. The fourth-order valence-electron chi connectivity index (χ4n) is 6.36. The first-order valence-corrected chi connectivity index (χ1v) is 11.1. The molecule has 1 N–H and O–H groups in total. The minimum atomic E-state index is -0.122. The Bertz CT molecular complexity index is 712. The summed E-state index contributed by atoms with van der Waals surface area (Å²) >= 11 is 0. The van der Waals surface area contributed by atoms with Crippen LogP contribution in [0.15, 0.2) is 18.2 Å². The zero-order valence-corrected chi connectivity index (χ0v) is 18.4. The van der Waals surface area contributed by atoms with Gasteiger partial charge in [0.2, 0.25) is 5.91 Å². The highest BCUT2D eigenvalue weighted by Crippen LogP contribution is 2.55. The van der Waals surface area contributed by atoms with E-state index in [0.717, 1.165) is 42.2 Å². The summed E-state index contributed by atoms with van der Waals surface area (Å²) in [6.07, 6.45) is 8.67. The average Bonchev–Trinajstić information content (AvgIpc) is 2.69. The number of methoxy groups -OCH3 is 2. The Morgan fingerprint density at radius 3 is 2.24 bits per heavy atom. The highest BCUT2D eigenvalue weighted by Gasteiger charge is 2.51. The second-order valence-corrected chi connectivity index (χ2v) is 9.78. The fourth-order valence-corrected chi connectivity index (χ4v) is 6.36. The molecule has 160 valence electrons. The molecule has 0 saturated heterocycles. The number of hydrogen-bond donors (Lipinski definition) is 1. The Morgan fingerprint density at radius 2 is 1.69 bits per heavy atom. The summed E-state index contributed by atoms with van der Waals surface area (Å²) in [6, 6.07) is 5.91. The van der Waals surface area contributed by atoms with Crippen LogP contribution in [0.5, 0.6) is 11.5 Å².